The Morgan fingerprint density at radius 2 is 2.33 bits per heavy atom. The summed E-state index contributed by atoms with van der Waals surface area (Å²) in [5, 5.41) is 13.0. The van der Waals surface area contributed by atoms with Gasteiger partial charge in [0.1, 0.15) is 11.9 Å². The summed E-state index contributed by atoms with van der Waals surface area (Å²) in [6, 6.07) is 4.04. The van der Waals surface area contributed by atoms with Crippen molar-refractivity contribution in [1.82, 2.24) is 5.32 Å². The first-order valence-corrected chi connectivity index (χ1v) is 5.69. The third kappa shape index (κ3) is 4.49. The number of aliphatic hydroxyl groups excluding tert-OH is 1. The molecule has 0 aliphatic heterocycles. The predicted molar refractivity (Wildman–Crippen MR) is 60.7 cm³/mol. The van der Waals surface area contributed by atoms with E-state index < -0.39 is 6.10 Å². The van der Waals surface area contributed by atoms with E-state index in [1.165, 1.54) is 12.8 Å². The summed E-state index contributed by atoms with van der Waals surface area (Å²) in [4.78, 5) is 0. The molecule has 3 nitrogen and oxygen atoms in total. The first-order valence-electron chi connectivity index (χ1n) is 5.69. The highest BCUT2D eigenvalue weighted by Gasteiger charge is 2.11. The molecule has 2 N–H and O–H groups in total. The normalized spacial score (nSPS) is 15.1. The van der Waals surface area contributed by atoms with Crippen molar-refractivity contribution in [3.63, 3.8) is 0 Å². The van der Waals surface area contributed by atoms with Crippen molar-refractivity contribution in [3.05, 3.63) is 24.2 Å². The second-order valence-electron chi connectivity index (χ2n) is 3.98. The van der Waals surface area contributed by atoms with Gasteiger partial charge in [-0.15, -0.1) is 0 Å². The number of aliphatic hydroxyl groups is 1. The van der Waals surface area contributed by atoms with Crippen LogP contribution in [0.2, 0.25) is 0 Å². The molecule has 0 saturated carbocycles. The fraction of sp³-hybridized carbons (Fsp3) is 0.667. The molecule has 1 aromatic heterocycles. The van der Waals surface area contributed by atoms with Crippen LogP contribution < -0.4 is 5.32 Å². The molecule has 0 fully saturated rings. The van der Waals surface area contributed by atoms with E-state index in [0.717, 1.165) is 6.42 Å². The third-order valence-corrected chi connectivity index (χ3v) is 2.52. The fourth-order valence-electron chi connectivity index (χ4n) is 1.51. The van der Waals surface area contributed by atoms with Gasteiger partial charge < -0.3 is 14.8 Å². The minimum absolute atomic E-state index is 0.453. The zero-order valence-electron chi connectivity index (χ0n) is 9.57. The van der Waals surface area contributed by atoms with E-state index >= 15 is 0 Å². The minimum Gasteiger partial charge on any atom is -0.467 e. The van der Waals surface area contributed by atoms with Crippen LogP contribution in [0.15, 0.2) is 22.8 Å². The van der Waals surface area contributed by atoms with Gasteiger partial charge in [-0.1, -0.05) is 19.8 Å². The zero-order chi connectivity index (χ0) is 11.1. The maximum atomic E-state index is 9.73. The summed E-state index contributed by atoms with van der Waals surface area (Å²) < 4.78 is 5.12. The molecule has 1 heterocycles. The molecule has 0 spiro atoms. The Hall–Kier alpha value is -0.800. The van der Waals surface area contributed by atoms with Crippen LogP contribution >= 0.6 is 0 Å². The highest BCUT2D eigenvalue weighted by molar-refractivity contribution is 5.02. The minimum atomic E-state index is -0.538. The topological polar surface area (TPSA) is 45.4 Å². The van der Waals surface area contributed by atoms with Crippen LogP contribution in [0.4, 0.5) is 0 Å². The average molecular weight is 211 g/mol. The van der Waals surface area contributed by atoms with Crippen molar-refractivity contribution in [1.29, 1.82) is 0 Å². The highest BCUT2D eigenvalue weighted by atomic mass is 16.4. The number of unbranched alkanes of at least 4 members (excludes halogenated alkanes) is 1. The first-order chi connectivity index (χ1) is 7.24. The Morgan fingerprint density at radius 3 is 2.93 bits per heavy atom. The second kappa shape index (κ2) is 6.64. The summed E-state index contributed by atoms with van der Waals surface area (Å²) in [5.74, 6) is 0.630. The highest BCUT2D eigenvalue weighted by Crippen LogP contribution is 2.12. The fourth-order valence-corrected chi connectivity index (χ4v) is 1.51. The van der Waals surface area contributed by atoms with Gasteiger partial charge in [0, 0.05) is 12.6 Å². The van der Waals surface area contributed by atoms with Crippen molar-refractivity contribution in [2.75, 3.05) is 6.54 Å². The standard InChI is InChI=1S/C12H21NO2/c1-3-4-6-10(2)13-9-11(14)12-7-5-8-15-12/h5,7-8,10-11,13-14H,3-4,6,9H2,1-2H3. The van der Waals surface area contributed by atoms with Crippen LogP contribution in [0.3, 0.4) is 0 Å². The molecule has 3 heteroatoms. The maximum Gasteiger partial charge on any atom is 0.133 e. The van der Waals surface area contributed by atoms with Gasteiger partial charge in [0.2, 0.25) is 0 Å². The number of hydrogen-bond donors (Lipinski definition) is 2. The van der Waals surface area contributed by atoms with Gasteiger partial charge in [-0.3, -0.25) is 0 Å². The molecule has 15 heavy (non-hydrogen) atoms. The van der Waals surface area contributed by atoms with Gasteiger partial charge >= 0.3 is 0 Å². The Morgan fingerprint density at radius 1 is 1.53 bits per heavy atom. The molecule has 0 saturated heterocycles. The number of nitrogens with one attached hydrogen (secondary N) is 1. The SMILES string of the molecule is CCCCC(C)NCC(O)c1ccco1. The summed E-state index contributed by atoms with van der Waals surface area (Å²) >= 11 is 0. The Labute approximate surface area is 91.5 Å². The molecule has 0 aromatic carbocycles. The van der Waals surface area contributed by atoms with Crippen LogP contribution in [0.1, 0.15) is 45.0 Å². The van der Waals surface area contributed by atoms with Crippen LogP contribution in [0.25, 0.3) is 0 Å². The first kappa shape index (κ1) is 12.3. The van der Waals surface area contributed by atoms with Crippen molar-refractivity contribution >= 4 is 0 Å². The largest absolute Gasteiger partial charge is 0.467 e. The molecule has 86 valence electrons. The van der Waals surface area contributed by atoms with E-state index in [-0.39, 0.29) is 0 Å². The Balaban J connectivity index is 2.19. The van der Waals surface area contributed by atoms with E-state index in [1.54, 1.807) is 18.4 Å². The van der Waals surface area contributed by atoms with Crippen molar-refractivity contribution in [2.45, 2.75) is 45.3 Å². The van der Waals surface area contributed by atoms with Gasteiger partial charge in [-0.2, -0.15) is 0 Å². The van der Waals surface area contributed by atoms with Gasteiger partial charge in [-0.25, -0.2) is 0 Å². The van der Waals surface area contributed by atoms with Gasteiger partial charge in [0.25, 0.3) is 0 Å². The lowest BCUT2D eigenvalue weighted by Crippen LogP contribution is -2.30. The molecule has 0 radical (unpaired) electrons. The van der Waals surface area contributed by atoms with Crippen LogP contribution in [0.5, 0.6) is 0 Å². The second-order valence-corrected chi connectivity index (χ2v) is 3.98. The quantitative estimate of drug-likeness (QED) is 0.728. The Kier molecular flexibility index (Phi) is 5.43. The Bertz CT molecular complexity index is 246. The zero-order valence-corrected chi connectivity index (χ0v) is 9.57. The lowest BCUT2D eigenvalue weighted by molar-refractivity contribution is 0.143. The van der Waals surface area contributed by atoms with Gasteiger partial charge in [-0.05, 0) is 25.5 Å². The number of hydrogen-bond acceptors (Lipinski definition) is 3. The van der Waals surface area contributed by atoms with Crippen molar-refractivity contribution in [3.8, 4) is 0 Å². The monoisotopic (exact) mass is 211 g/mol. The molecular weight excluding hydrogens is 190 g/mol. The van der Waals surface area contributed by atoms with E-state index in [9.17, 15) is 5.11 Å². The van der Waals surface area contributed by atoms with Crippen molar-refractivity contribution in [2.24, 2.45) is 0 Å². The van der Waals surface area contributed by atoms with E-state index in [1.807, 2.05) is 0 Å². The smallest absolute Gasteiger partial charge is 0.133 e. The van der Waals surface area contributed by atoms with Crippen LogP contribution in [-0.4, -0.2) is 17.7 Å². The molecule has 2 unspecified atom stereocenters. The molecule has 0 amide bonds. The molecule has 0 aliphatic rings. The summed E-state index contributed by atoms with van der Waals surface area (Å²) in [6.45, 7) is 4.88. The summed E-state index contributed by atoms with van der Waals surface area (Å²) in [6.07, 6.45) is 4.64. The molecule has 0 aliphatic carbocycles. The van der Waals surface area contributed by atoms with Crippen LogP contribution in [0, 0.1) is 0 Å². The van der Waals surface area contributed by atoms with Gasteiger partial charge in [0.05, 0.1) is 6.26 Å². The lowest BCUT2D eigenvalue weighted by Gasteiger charge is -2.15. The maximum absolute atomic E-state index is 9.73. The van der Waals surface area contributed by atoms with E-state index in [0.29, 0.717) is 18.3 Å². The van der Waals surface area contributed by atoms with E-state index in [4.69, 9.17) is 4.42 Å². The van der Waals surface area contributed by atoms with Crippen molar-refractivity contribution < 1.29 is 9.52 Å². The van der Waals surface area contributed by atoms with Gasteiger partial charge in [0.15, 0.2) is 0 Å². The molecule has 1 rings (SSSR count). The molecule has 2 atom stereocenters. The number of rotatable bonds is 7. The third-order valence-electron chi connectivity index (χ3n) is 2.52. The van der Waals surface area contributed by atoms with E-state index in [2.05, 4.69) is 19.2 Å². The molecular formula is C12H21NO2. The van der Waals surface area contributed by atoms with Crippen LogP contribution in [-0.2, 0) is 0 Å². The summed E-state index contributed by atoms with van der Waals surface area (Å²) in [5.41, 5.74) is 0. The number of furan rings is 1. The molecule has 1 aromatic rings. The predicted octanol–water partition coefficient (Wildman–Crippen LogP) is 2.48. The summed E-state index contributed by atoms with van der Waals surface area (Å²) in [7, 11) is 0. The molecule has 0 bridgehead atoms. The average Bonchev–Trinajstić information content (AvgIpc) is 2.76. The lowest BCUT2D eigenvalue weighted by atomic mass is 10.1.